The molecule has 0 unspecified atom stereocenters. The standard InChI is InChI=1S/C20H26O3S/c21-18-15-17(12-8-11-16-9-4-3-5-10-16)24-19(18)13-6-1-2-7-14-20(22)23/h3-5,9-10,15,21H,1-2,6-8,11-14H2,(H,22,23). The van der Waals surface area contributed by atoms with Gasteiger partial charge in [-0.3, -0.25) is 4.79 Å². The average Bonchev–Trinajstić information content (AvgIpc) is 2.91. The van der Waals surface area contributed by atoms with Crippen molar-refractivity contribution in [3.05, 3.63) is 51.7 Å². The predicted molar refractivity (Wildman–Crippen MR) is 98.9 cm³/mol. The van der Waals surface area contributed by atoms with E-state index in [9.17, 15) is 9.90 Å². The van der Waals surface area contributed by atoms with Crippen LogP contribution in [0.25, 0.3) is 0 Å². The first-order chi connectivity index (χ1) is 11.6. The van der Waals surface area contributed by atoms with Gasteiger partial charge in [0, 0.05) is 16.2 Å². The van der Waals surface area contributed by atoms with Gasteiger partial charge in [0.15, 0.2) is 0 Å². The zero-order valence-electron chi connectivity index (χ0n) is 14.0. The van der Waals surface area contributed by atoms with E-state index in [0.717, 1.165) is 56.2 Å². The van der Waals surface area contributed by atoms with E-state index in [1.165, 1.54) is 10.4 Å². The van der Waals surface area contributed by atoms with Gasteiger partial charge in [0.2, 0.25) is 0 Å². The van der Waals surface area contributed by atoms with Crippen LogP contribution in [-0.4, -0.2) is 16.2 Å². The molecule has 130 valence electrons. The third-order valence-corrected chi connectivity index (χ3v) is 5.36. The van der Waals surface area contributed by atoms with Gasteiger partial charge < -0.3 is 10.2 Å². The molecular formula is C20H26O3S. The van der Waals surface area contributed by atoms with Crippen molar-refractivity contribution in [2.75, 3.05) is 0 Å². The molecule has 0 fully saturated rings. The third kappa shape index (κ3) is 6.75. The smallest absolute Gasteiger partial charge is 0.303 e. The number of carboxylic acids is 1. The fraction of sp³-hybridized carbons (Fsp3) is 0.450. The van der Waals surface area contributed by atoms with Crippen LogP contribution in [0, 0.1) is 0 Å². The molecule has 0 amide bonds. The van der Waals surface area contributed by atoms with Crippen molar-refractivity contribution < 1.29 is 15.0 Å². The van der Waals surface area contributed by atoms with E-state index >= 15 is 0 Å². The van der Waals surface area contributed by atoms with Crippen molar-refractivity contribution in [2.45, 2.75) is 57.8 Å². The molecule has 0 saturated carbocycles. The molecule has 3 nitrogen and oxygen atoms in total. The monoisotopic (exact) mass is 346 g/mol. The van der Waals surface area contributed by atoms with E-state index in [4.69, 9.17) is 5.11 Å². The summed E-state index contributed by atoms with van der Waals surface area (Å²) in [4.78, 5) is 12.8. The van der Waals surface area contributed by atoms with Crippen LogP contribution in [0.3, 0.4) is 0 Å². The molecule has 0 aliphatic heterocycles. The first kappa shape index (κ1) is 18.5. The van der Waals surface area contributed by atoms with Crippen molar-refractivity contribution in [1.82, 2.24) is 0 Å². The summed E-state index contributed by atoms with van der Waals surface area (Å²) in [7, 11) is 0. The summed E-state index contributed by atoms with van der Waals surface area (Å²) >= 11 is 1.72. The fourth-order valence-electron chi connectivity index (χ4n) is 2.80. The number of carbonyl (C=O) groups is 1. The Bertz CT molecular complexity index is 619. The maximum Gasteiger partial charge on any atom is 0.303 e. The minimum Gasteiger partial charge on any atom is -0.507 e. The van der Waals surface area contributed by atoms with E-state index in [2.05, 4.69) is 24.3 Å². The molecule has 1 aromatic carbocycles. The number of rotatable bonds is 11. The Balaban J connectivity index is 1.67. The summed E-state index contributed by atoms with van der Waals surface area (Å²) in [6, 6.07) is 12.4. The van der Waals surface area contributed by atoms with Crippen molar-refractivity contribution in [3.63, 3.8) is 0 Å². The highest BCUT2D eigenvalue weighted by molar-refractivity contribution is 7.12. The molecule has 0 bridgehead atoms. The van der Waals surface area contributed by atoms with Crippen molar-refractivity contribution in [1.29, 1.82) is 0 Å². The second kappa shape index (κ2) is 10.1. The molecule has 2 N–H and O–H groups in total. The summed E-state index contributed by atoms with van der Waals surface area (Å²) in [5.41, 5.74) is 1.36. The Labute approximate surface area is 148 Å². The van der Waals surface area contributed by atoms with Crippen LogP contribution < -0.4 is 0 Å². The van der Waals surface area contributed by atoms with E-state index in [0.29, 0.717) is 5.75 Å². The third-order valence-electron chi connectivity index (χ3n) is 4.11. The molecule has 2 aromatic rings. The Kier molecular flexibility index (Phi) is 7.83. The summed E-state index contributed by atoms with van der Waals surface area (Å²) in [6.07, 6.45) is 8.05. The molecule has 0 aliphatic rings. The molecule has 0 saturated heterocycles. The Morgan fingerprint density at radius 2 is 1.67 bits per heavy atom. The van der Waals surface area contributed by atoms with E-state index in [1.807, 2.05) is 12.1 Å². The Morgan fingerprint density at radius 3 is 2.42 bits per heavy atom. The van der Waals surface area contributed by atoms with Crippen LogP contribution in [-0.2, 0) is 24.1 Å². The van der Waals surface area contributed by atoms with E-state index in [1.54, 1.807) is 11.3 Å². The van der Waals surface area contributed by atoms with Crippen LogP contribution in [0.4, 0.5) is 0 Å². The molecule has 0 spiro atoms. The van der Waals surface area contributed by atoms with E-state index < -0.39 is 5.97 Å². The van der Waals surface area contributed by atoms with Crippen LogP contribution in [0.5, 0.6) is 5.75 Å². The van der Waals surface area contributed by atoms with Gasteiger partial charge in [-0.25, -0.2) is 0 Å². The maximum atomic E-state index is 10.4. The van der Waals surface area contributed by atoms with Gasteiger partial charge in [-0.15, -0.1) is 11.3 Å². The van der Waals surface area contributed by atoms with Crippen molar-refractivity contribution in [2.24, 2.45) is 0 Å². The Hall–Kier alpha value is -1.81. The Morgan fingerprint density at radius 1 is 0.917 bits per heavy atom. The van der Waals surface area contributed by atoms with E-state index in [-0.39, 0.29) is 6.42 Å². The van der Waals surface area contributed by atoms with Crippen LogP contribution in [0.1, 0.15) is 53.8 Å². The van der Waals surface area contributed by atoms with Gasteiger partial charge in [-0.05, 0) is 50.2 Å². The average molecular weight is 346 g/mol. The molecule has 0 atom stereocenters. The lowest BCUT2D eigenvalue weighted by atomic mass is 10.1. The predicted octanol–water partition coefficient (Wildman–Crippen LogP) is 5.21. The molecular weight excluding hydrogens is 320 g/mol. The fourth-order valence-corrected chi connectivity index (χ4v) is 3.95. The number of aryl methyl sites for hydroxylation is 3. The first-order valence-corrected chi connectivity index (χ1v) is 9.53. The lowest BCUT2D eigenvalue weighted by Gasteiger charge is -2.00. The SMILES string of the molecule is O=C(O)CCCCCCc1sc(CCCc2ccccc2)cc1O. The van der Waals surface area contributed by atoms with Crippen LogP contribution >= 0.6 is 11.3 Å². The summed E-state index contributed by atoms with van der Waals surface area (Å²) in [6.45, 7) is 0. The molecule has 1 heterocycles. The molecule has 4 heteroatoms. The molecule has 0 radical (unpaired) electrons. The number of hydrogen-bond acceptors (Lipinski definition) is 3. The lowest BCUT2D eigenvalue weighted by molar-refractivity contribution is -0.137. The largest absolute Gasteiger partial charge is 0.507 e. The molecule has 1 aromatic heterocycles. The molecule has 24 heavy (non-hydrogen) atoms. The minimum absolute atomic E-state index is 0.260. The minimum atomic E-state index is -0.717. The first-order valence-electron chi connectivity index (χ1n) is 8.71. The van der Waals surface area contributed by atoms with Gasteiger partial charge in [0.05, 0.1) is 0 Å². The lowest BCUT2D eigenvalue weighted by Crippen LogP contribution is -1.93. The number of unbranched alkanes of at least 4 members (excludes halogenated alkanes) is 3. The van der Waals surface area contributed by atoms with Crippen molar-refractivity contribution in [3.8, 4) is 5.75 Å². The highest BCUT2D eigenvalue weighted by Gasteiger charge is 2.08. The highest BCUT2D eigenvalue weighted by atomic mass is 32.1. The second-order valence-electron chi connectivity index (χ2n) is 6.17. The topological polar surface area (TPSA) is 57.5 Å². The van der Waals surface area contributed by atoms with Gasteiger partial charge in [-0.2, -0.15) is 0 Å². The quantitative estimate of drug-likeness (QED) is 0.549. The number of hydrogen-bond donors (Lipinski definition) is 2. The van der Waals surface area contributed by atoms with Crippen LogP contribution in [0.2, 0.25) is 0 Å². The number of benzene rings is 1. The number of aromatic hydroxyl groups is 1. The van der Waals surface area contributed by atoms with Gasteiger partial charge in [-0.1, -0.05) is 43.2 Å². The zero-order valence-corrected chi connectivity index (χ0v) is 14.9. The summed E-state index contributed by atoms with van der Waals surface area (Å²) < 4.78 is 0. The van der Waals surface area contributed by atoms with Crippen LogP contribution in [0.15, 0.2) is 36.4 Å². The van der Waals surface area contributed by atoms with Crippen molar-refractivity contribution >= 4 is 17.3 Å². The van der Waals surface area contributed by atoms with Gasteiger partial charge >= 0.3 is 5.97 Å². The number of thiophene rings is 1. The highest BCUT2D eigenvalue weighted by Crippen LogP contribution is 2.31. The zero-order chi connectivity index (χ0) is 17.2. The number of aliphatic carboxylic acids is 1. The second-order valence-corrected chi connectivity index (χ2v) is 7.39. The number of carboxylic acid groups (broad SMARTS) is 1. The maximum absolute atomic E-state index is 10.4. The van der Waals surface area contributed by atoms with Gasteiger partial charge in [0.25, 0.3) is 0 Å². The summed E-state index contributed by atoms with van der Waals surface area (Å²) in [5, 5.41) is 18.7. The summed E-state index contributed by atoms with van der Waals surface area (Å²) in [5.74, 6) is -0.286. The van der Waals surface area contributed by atoms with Gasteiger partial charge in [0.1, 0.15) is 5.75 Å². The normalized spacial score (nSPS) is 10.8. The molecule has 2 rings (SSSR count). The molecule has 0 aliphatic carbocycles.